The van der Waals surface area contributed by atoms with Crippen molar-refractivity contribution in [2.75, 3.05) is 5.32 Å². The molecule has 4 N–H and O–H groups in total. The van der Waals surface area contributed by atoms with Gasteiger partial charge in [-0.05, 0) is 122 Å². The first-order valence-electron chi connectivity index (χ1n) is 16.2. The molecule has 16 heteroatoms. The second-order valence-corrected chi connectivity index (χ2v) is 15.6. The van der Waals surface area contributed by atoms with Crippen LogP contribution in [0.2, 0.25) is 0 Å². The fraction of sp³-hybridized carbons (Fsp3) is 0.353. The number of urea groups is 1. The van der Waals surface area contributed by atoms with Crippen LogP contribution < -0.4 is 19.9 Å². The van der Waals surface area contributed by atoms with Gasteiger partial charge >= 0.3 is 6.03 Å². The van der Waals surface area contributed by atoms with Crippen LogP contribution in [0.1, 0.15) is 70.2 Å². The quantitative estimate of drug-likeness (QED) is 0.259. The Morgan fingerprint density at radius 2 is 1.34 bits per heavy atom. The summed E-state index contributed by atoms with van der Waals surface area (Å²) >= 11 is 0. The van der Waals surface area contributed by atoms with Crippen molar-refractivity contribution in [3.05, 3.63) is 86.5 Å². The summed E-state index contributed by atoms with van der Waals surface area (Å²) < 4.78 is 52.8. The molecule has 2 aromatic carbocycles. The number of anilines is 1. The molecule has 50 heavy (non-hydrogen) atoms. The minimum absolute atomic E-state index is 0.105. The molecule has 0 bridgehead atoms. The number of aryl methyl sites for hydroxylation is 4. The normalized spacial score (nSPS) is 16.1. The molecule has 4 aliphatic carbocycles. The van der Waals surface area contributed by atoms with Gasteiger partial charge in [-0.15, -0.1) is 5.26 Å². The van der Waals surface area contributed by atoms with Crippen molar-refractivity contribution >= 4 is 44.3 Å². The molecule has 0 fully saturated rings. The Morgan fingerprint density at radius 1 is 0.820 bits per heavy atom. The van der Waals surface area contributed by atoms with E-state index in [2.05, 4.69) is 43.7 Å². The summed E-state index contributed by atoms with van der Waals surface area (Å²) in [6, 6.07) is 3.85. The highest BCUT2D eigenvalue weighted by atomic mass is 32.2. The lowest BCUT2D eigenvalue weighted by molar-refractivity contribution is 0.256. The molecule has 0 unspecified atom stereocenters. The second-order valence-electron chi connectivity index (χ2n) is 12.3. The van der Waals surface area contributed by atoms with Gasteiger partial charge < -0.3 is 10.1 Å². The van der Waals surface area contributed by atoms with Crippen molar-refractivity contribution in [1.29, 1.82) is 5.26 Å². The summed E-state index contributed by atoms with van der Waals surface area (Å²) in [7, 11) is -7.64. The first kappa shape index (κ1) is 34.8. The molecule has 1 aromatic heterocycles. The van der Waals surface area contributed by atoms with Crippen LogP contribution in [0.3, 0.4) is 0 Å². The molecule has 2 amide bonds. The number of nitrogens with one attached hydrogen (secondary N) is 2. The molecule has 258 valence electrons. The molecule has 5 aliphatic rings. The van der Waals surface area contributed by atoms with Gasteiger partial charge in [0.1, 0.15) is 17.0 Å². The number of amides is 2. The Bertz CT molecular complexity index is 2110. The Labute approximate surface area is 290 Å². The average Bonchev–Trinajstić information content (AvgIpc) is 3.93. The number of carbonyl (C=O) groups is 1. The topological polar surface area (TPSA) is 219 Å². The molecule has 8 rings (SSSR count). The van der Waals surface area contributed by atoms with Crippen molar-refractivity contribution in [3.63, 3.8) is 0 Å². The van der Waals surface area contributed by atoms with Gasteiger partial charge in [-0.2, -0.15) is 0 Å². The molecule has 0 saturated heterocycles. The van der Waals surface area contributed by atoms with Gasteiger partial charge in [0.2, 0.25) is 4.91 Å². The lowest BCUT2D eigenvalue weighted by Crippen LogP contribution is -2.35. The van der Waals surface area contributed by atoms with E-state index in [4.69, 9.17) is 15.1 Å². The van der Waals surface area contributed by atoms with Crippen LogP contribution >= 0.6 is 0 Å². The first-order chi connectivity index (χ1) is 24.0. The number of carbonyl (C=O) groups excluding carboxylic acids is 1. The Kier molecular flexibility index (Phi) is 10.3. The molecule has 0 saturated carbocycles. The number of nitrogens with zero attached hydrogens (tertiary/aromatic N) is 5. The Hall–Kier alpha value is -5.07. The lowest BCUT2D eigenvalue weighted by atomic mass is 9.99. The van der Waals surface area contributed by atoms with Crippen molar-refractivity contribution in [3.8, 4) is 12.0 Å². The molecule has 0 radical (unpaired) electrons. The molecule has 3 aromatic rings. The number of aliphatic imine (C=N–C) groups is 2. The standard InChI is InChI=1S/C17H18N4O3S.C13H13NO.C4H4N3O2S/c22-17(21-25(23,24)13-8-18-10-19-9-13)20-16-14-5-1-3-11(14)7-12-4-2-6-15(12)16;14-8-15-13-11-5-1-3-9(11)7-10-4-2-6-12(10)13;5-10(8,9)4-1-6-3-7-2-4/h7-10H,1-6H2,(H2,20,21,22);7H,1-6H2;1-2H,(H2,5,8,9)/q;;+1. The maximum absolute atomic E-state index is 12.4. The fourth-order valence-corrected chi connectivity index (χ4v) is 8.25. The smallest absolute Gasteiger partial charge is 0.333 e. The van der Waals surface area contributed by atoms with Crippen LogP contribution in [0.15, 0.2) is 56.8 Å². The van der Waals surface area contributed by atoms with E-state index in [1.54, 1.807) is 0 Å². The molecule has 2 heterocycles. The fourth-order valence-electron chi connectivity index (χ4n) is 7.04. The number of aromatic nitrogens is 2. The van der Waals surface area contributed by atoms with Crippen molar-refractivity contribution in [1.82, 2.24) is 14.7 Å². The lowest BCUT2D eigenvalue weighted by Gasteiger charge is -2.16. The summed E-state index contributed by atoms with van der Waals surface area (Å²) in [5.74, 6) is 0.903. The highest BCUT2D eigenvalue weighted by Crippen LogP contribution is 2.40. The van der Waals surface area contributed by atoms with E-state index in [0.29, 0.717) is 0 Å². The molecule has 1 aliphatic heterocycles. The summed E-state index contributed by atoms with van der Waals surface area (Å²) in [4.78, 5) is 26.2. The van der Waals surface area contributed by atoms with Gasteiger partial charge in [-0.1, -0.05) is 22.1 Å². The third-order valence-electron chi connectivity index (χ3n) is 9.18. The largest absolute Gasteiger partial charge is 0.387 e. The SMILES string of the molecule is N#COc1c2c(cc3c1CCC3)CCC2.NS(=O)(=O)C1=CN=[C+]N=C1.O=C(Nc1c2c(cc3c1CCC3)CCC2)NS(=O)(=O)c1cncnc1. The van der Waals surface area contributed by atoms with Crippen LogP contribution in [0.5, 0.6) is 5.75 Å². The molecule has 0 spiro atoms. The molecule has 14 nitrogen and oxygen atoms in total. The van der Waals surface area contributed by atoms with Gasteiger partial charge in [0.05, 0.1) is 12.4 Å². The van der Waals surface area contributed by atoms with Gasteiger partial charge in [0.15, 0.2) is 12.4 Å². The molecular formula is C34H35N8O6S2+. The van der Waals surface area contributed by atoms with Crippen molar-refractivity contribution in [2.45, 2.75) is 81.9 Å². The number of fused-ring (bicyclic) bond motifs is 4. The minimum atomic E-state index is -3.99. The van der Waals surface area contributed by atoms with Crippen LogP contribution in [0, 0.1) is 11.5 Å². The zero-order valence-corrected chi connectivity index (χ0v) is 28.7. The van der Waals surface area contributed by atoms with Gasteiger partial charge in [-0.3, -0.25) is 0 Å². The van der Waals surface area contributed by atoms with E-state index in [-0.39, 0.29) is 9.80 Å². The van der Waals surface area contributed by atoms with E-state index in [1.807, 2.05) is 11.0 Å². The number of ether oxygens (including phenoxy) is 1. The Morgan fingerprint density at radius 3 is 1.80 bits per heavy atom. The number of nitriles is 1. The number of nitrogens with two attached hydrogens (primary N) is 1. The number of hydrogen-bond acceptors (Lipinski definition) is 11. The van der Waals surface area contributed by atoms with Crippen LogP contribution in [0.25, 0.3) is 0 Å². The average molecular weight is 716 g/mol. The monoisotopic (exact) mass is 715 g/mol. The summed E-state index contributed by atoms with van der Waals surface area (Å²) in [5, 5.41) is 16.2. The van der Waals surface area contributed by atoms with E-state index in [0.717, 1.165) is 112 Å². The number of allylic oxidation sites excluding steroid dienone is 1. The maximum Gasteiger partial charge on any atom is 0.333 e. The summed E-state index contributed by atoms with van der Waals surface area (Å²) in [6.45, 7) is 0. The van der Waals surface area contributed by atoms with Crippen molar-refractivity contribution in [2.24, 2.45) is 15.1 Å². The van der Waals surface area contributed by atoms with Crippen molar-refractivity contribution < 1.29 is 26.4 Å². The maximum atomic E-state index is 12.4. The van der Waals surface area contributed by atoms with Gasteiger partial charge in [-0.25, -0.2) is 41.5 Å². The number of hydrogen-bond donors (Lipinski definition) is 3. The predicted octanol–water partition coefficient (Wildman–Crippen LogP) is 3.59. The van der Waals surface area contributed by atoms with Gasteiger partial charge in [0, 0.05) is 5.69 Å². The number of benzene rings is 2. The zero-order chi connectivity index (χ0) is 35.3. The predicted molar refractivity (Wildman–Crippen MR) is 186 cm³/mol. The number of primary sulfonamides is 1. The second kappa shape index (κ2) is 14.8. The summed E-state index contributed by atoms with van der Waals surface area (Å²) in [5.41, 5.74) is 11.1. The molecular weight excluding hydrogens is 681 g/mol. The highest BCUT2D eigenvalue weighted by Gasteiger charge is 2.27. The van der Waals surface area contributed by atoms with Crippen LogP contribution in [-0.4, -0.2) is 45.4 Å². The van der Waals surface area contributed by atoms with E-state index in [9.17, 15) is 21.6 Å². The van der Waals surface area contributed by atoms with E-state index < -0.39 is 26.1 Å². The zero-order valence-electron chi connectivity index (χ0n) is 27.1. The van der Waals surface area contributed by atoms with Crippen LogP contribution in [0.4, 0.5) is 10.5 Å². The number of rotatable bonds is 5. The summed E-state index contributed by atoms with van der Waals surface area (Å²) in [6.07, 6.45) is 22.6. The van der Waals surface area contributed by atoms with E-state index in [1.165, 1.54) is 52.5 Å². The molecule has 0 atom stereocenters. The third kappa shape index (κ3) is 7.71. The van der Waals surface area contributed by atoms with E-state index >= 15 is 0 Å². The number of sulfonamides is 2. The third-order valence-corrected chi connectivity index (χ3v) is 11.3. The van der Waals surface area contributed by atoms with Gasteiger partial charge in [0.25, 0.3) is 32.6 Å². The minimum Gasteiger partial charge on any atom is -0.387 e. The highest BCUT2D eigenvalue weighted by molar-refractivity contribution is 7.94. The Balaban J connectivity index is 0.000000146. The van der Waals surface area contributed by atoms with Crippen LogP contribution in [-0.2, 0) is 71.4 Å². The first-order valence-corrected chi connectivity index (χ1v) is 19.3.